The Morgan fingerprint density at radius 2 is 2.00 bits per heavy atom. The van der Waals surface area contributed by atoms with Crippen LogP contribution >= 0.6 is 0 Å². The van der Waals surface area contributed by atoms with Gasteiger partial charge in [0.2, 0.25) is 5.95 Å². The number of anilines is 1. The van der Waals surface area contributed by atoms with Crippen molar-refractivity contribution in [3.63, 3.8) is 0 Å². The number of rotatable bonds is 4. The van der Waals surface area contributed by atoms with Crippen molar-refractivity contribution in [2.75, 3.05) is 31.2 Å². The van der Waals surface area contributed by atoms with Gasteiger partial charge in [-0.05, 0) is 45.6 Å². The van der Waals surface area contributed by atoms with E-state index in [1.54, 1.807) is 0 Å². The van der Waals surface area contributed by atoms with Crippen LogP contribution in [0.25, 0.3) is 5.65 Å². The van der Waals surface area contributed by atoms with Gasteiger partial charge in [0, 0.05) is 24.8 Å². The van der Waals surface area contributed by atoms with E-state index in [2.05, 4.69) is 29.0 Å². The lowest BCUT2D eigenvalue weighted by Gasteiger charge is -2.40. The van der Waals surface area contributed by atoms with E-state index >= 15 is 0 Å². The molecule has 0 aromatic carbocycles. The van der Waals surface area contributed by atoms with Gasteiger partial charge in [-0.2, -0.15) is 9.97 Å². The van der Waals surface area contributed by atoms with Gasteiger partial charge in [0.05, 0.1) is 18.8 Å². The summed E-state index contributed by atoms with van der Waals surface area (Å²) in [4.78, 5) is 24.4. The molecule has 2 aromatic rings. The molecule has 1 saturated carbocycles. The highest BCUT2D eigenvalue weighted by atomic mass is 16.5. The summed E-state index contributed by atoms with van der Waals surface area (Å²) in [5, 5.41) is 3.22. The third-order valence-corrected chi connectivity index (χ3v) is 5.78. The molecule has 1 aliphatic heterocycles. The highest BCUT2D eigenvalue weighted by Crippen LogP contribution is 2.36. The number of hydrogen-bond donors (Lipinski definition) is 1. The topological polar surface area (TPSA) is 71.8 Å². The van der Waals surface area contributed by atoms with Crippen molar-refractivity contribution in [3.05, 3.63) is 23.7 Å². The Bertz CT molecular complexity index is 819. The fourth-order valence-electron chi connectivity index (χ4n) is 3.79. The van der Waals surface area contributed by atoms with Crippen LogP contribution in [0, 0.1) is 12.8 Å². The minimum atomic E-state index is -0.196. The molecular formula is C19H27N5O2. The smallest absolute Gasteiger partial charge is 0.255 e. The van der Waals surface area contributed by atoms with Crippen molar-refractivity contribution in [1.29, 1.82) is 0 Å². The second-order valence-corrected chi connectivity index (χ2v) is 7.90. The van der Waals surface area contributed by atoms with Gasteiger partial charge in [-0.15, -0.1) is 0 Å². The first kappa shape index (κ1) is 17.3. The van der Waals surface area contributed by atoms with Crippen LogP contribution in [0.3, 0.4) is 0 Å². The second kappa shape index (κ2) is 6.54. The molecule has 7 nitrogen and oxygen atoms in total. The molecular weight excluding hydrogens is 330 g/mol. The molecule has 0 radical (unpaired) electrons. The molecule has 1 saturated heterocycles. The number of fused-ring (bicyclic) bond motifs is 1. The Labute approximate surface area is 153 Å². The Morgan fingerprint density at radius 3 is 2.65 bits per heavy atom. The van der Waals surface area contributed by atoms with Gasteiger partial charge < -0.3 is 15.0 Å². The van der Waals surface area contributed by atoms with Crippen molar-refractivity contribution in [1.82, 2.24) is 19.7 Å². The lowest BCUT2D eigenvalue weighted by Crippen LogP contribution is -2.51. The van der Waals surface area contributed by atoms with Gasteiger partial charge in [0.1, 0.15) is 5.82 Å². The lowest BCUT2D eigenvalue weighted by atomic mass is 9.72. The van der Waals surface area contributed by atoms with Crippen LogP contribution in [-0.2, 0) is 4.74 Å². The summed E-state index contributed by atoms with van der Waals surface area (Å²) in [6.07, 6.45) is 5.51. The van der Waals surface area contributed by atoms with Crippen LogP contribution in [0.15, 0.2) is 12.3 Å². The minimum absolute atomic E-state index is 0.0598. The molecule has 1 aliphatic carbocycles. The van der Waals surface area contributed by atoms with E-state index in [9.17, 15) is 4.79 Å². The van der Waals surface area contributed by atoms with E-state index in [4.69, 9.17) is 9.72 Å². The van der Waals surface area contributed by atoms with Crippen molar-refractivity contribution in [2.24, 2.45) is 5.92 Å². The van der Waals surface area contributed by atoms with E-state index in [-0.39, 0.29) is 11.4 Å². The molecule has 26 heavy (non-hydrogen) atoms. The zero-order valence-corrected chi connectivity index (χ0v) is 15.8. The van der Waals surface area contributed by atoms with Crippen LogP contribution in [0.4, 0.5) is 5.95 Å². The fourth-order valence-corrected chi connectivity index (χ4v) is 3.79. The van der Waals surface area contributed by atoms with Crippen LogP contribution in [0.5, 0.6) is 0 Å². The maximum atomic E-state index is 13.0. The first-order valence-corrected chi connectivity index (χ1v) is 9.46. The number of carbonyl (C=O) groups is 1. The molecule has 1 N–H and O–H groups in total. The highest BCUT2D eigenvalue weighted by Gasteiger charge is 2.35. The van der Waals surface area contributed by atoms with Crippen LogP contribution in [-0.4, -0.2) is 52.1 Å². The summed E-state index contributed by atoms with van der Waals surface area (Å²) in [5.74, 6) is 1.99. The molecule has 0 atom stereocenters. The molecule has 140 valence electrons. The number of nitrogens with one attached hydrogen (secondary N) is 1. The Morgan fingerprint density at radius 1 is 1.27 bits per heavy atom. The quantitative estimate of drug-likeness (QED) is 0.908. The number of morpholine rings is 1. The maximum Gasteiger partial charge on any atom is 0.255 e. The lowest BCUT2D eigenvalue weighted by molar-refractivity contribution is 0.0828. The molecule has 3 heterocycles. The first-order valence-electron chi connectivity index (χ1n) is 9.46. The Hall–Kier alpha value is -2.15. The molecule has 2 fully saturated rings. The van der Waals surface area contributed by atoms with Gasteiger partial charge in [0.15, 0.2) is 5.65 Å². The fraction of sp³-hybridized carbons (Fsp3) is 0.632. The average molecular weight is 357 g/mol. The van der Waals surface area contributed by atoms with Crippen molar-refractivity contribution >= 4 is 17.5 Å². The van der Waals surface area contributed by atoms with Gasteiger partial charge in [-0.25, -0.2) is 0 Å². The van der Waals surface area contributed by atoms with Gasteiger partial charge >= 0.3 is 0 Å². The summed E-state index contributed by atoms with van der Waals surface area (Å²) in [6.45, 7) is 9.07. The first-order chi connectivity index (χ1) is 12.5. The number of aromatic nitrogens is 3. The summed E-state index contributed by atoms with van der Waals surface area (Å²) >= 11 is 0. The highest BCUT2D eigenvalue weighted by molar-refractivity contribution is 6.00. The maximum absolute atomic E-state index is 13.0. The number of carbonyl (C=O) groups excluding carboxylic acids is 1. The van der Waals surface area contributed by atoms with Crippen LogP contribution in [0.2, 0.25) is 0 Å². The van der Waals surface area contributed by atoms with Crippen LogP contribution < -0.4 is 10.2 Å². The second-order valence-electron chi connectivity index (χ2n) is 7.90. The molecule has 7 heteroatoms. The molecule has 1 amide bonds. The molecule has 4 rings (SSSR count). The van der Waals surface area contributed by atoms with E-state index < -0.39 is 0 Å². The SMILES string of the molecule is Cc1nc(N2CCOCC2)nc2c(C(=O)NC(C)(C)C3CCC3)ccn12. The number of amides is 1. The number of aryl methyl sites for hydroxylation is 1. The van der Waals surface area contributed by atoms with E-state index in [1.165, 1.54) is 19.3 Å². The van der Waals surface area contributed by atoms with Gasteiger partial charge in [-0.3, -0.25) is 9.20 Å². The zero-order valence-electron chi connectivity index (χ0n) is 15.8. The van der Waals surface area contributed by atoms with Crippen LogP contribution in [0.1, 0.15) is 49.3 Å². The third kappa shape index (κ3) is 3.05. The van der Waals surface area contributed by atoms with Crippen molar-refractivity contribution < 1.29 is 9.53 Å². The normalized spacial score (nSPS) is 18.8. The third-order valence-electron chi connectivity index (χ3n) is 5.78. The number of hydrogen-bond acceptors (Lipinski definition) is 5. The number of ether oxygens (including phenoxy) is 1. The average Bonchev–Trinajstić information content (AvgIpc) is 2.97. The van der Waals surface area contributed by atoms with Gasteiger partial charge in [-0.1, -0.05) is 6.42 Å². The summed E-state index contributed by atoms with van der Waals surface area (Å²) in [7, 11) is 0. The predicted octanol–water partition coefficient (Wildman–Crippen LogP) is 2.18. The molecule has 0 spiro atoms. The standard InChI is InChI=1S/C19H27N5O2/c1-13-20-18(23-9-11-26-12-10-23)21-16-15(7-8-24(13)16)17(25)22-19(2,3)14-5-4-6-14/h7-8,14H,4-6,9-12H2,1-3H3,(H,22,25). The van der Waals surface area contributed by atoms with E-state index in [0.29, 0.717) is 36.3 Å². The molecule has 0 bridgehead atoms. The number of nitrogens with zero attached hydrogens (tertiary/aromatic N) is 4. The van der Waals surface area contributed by atoms with E-state index in [0.717, 1.165) is 18.9 Å². The predicted molar refractivity (Wildman–Crippen MR) is 99.6 cm³/mol. The summed E-state index contributed by atoms with van der Waals surface area (Å²) < 4.78 is 7.30. The molecule has 0 unspecified atom stereocenters. The van der Waals surface area contributed by atoms with Crippen molar-refractivity contribution in [3.8, 4) is 0 Å². The molecule has 2 aromatic heterocycles. The largest absolute Gasteiger partial charge is 0.378 e. The minimum Gasteiger partial charge on any atom is -0.378 e. The molecule has 2 aliphatic rings. The Balaban J connectivity index is 1.64. The zero-order chi connectivity index (χ0) is 18.3. The summed E-state index contributed by atoms with van der Waals surface area (Å²) in [5.41, 5.74) is 1.08. The summed E-state index contributed by atoms with van der Waals surface area (Å²) in [6, 6.07) is 1.84. The monoisotopic (exact) mass is 357 g/mol. The van der Waals surface area contributed by atoms with Crippen molar-refractivity contribution in [2.45, 2.75) is 45.6 Å². The van der Waals surface area contributed by atoms with Gasteiger partial charge in [0.25, 0.3) is 5.91 Å². The Kier molecular flexibility index (Phi) is 4.34. The van der Waals surface area contributed by atoms with E-state index in [1.807, 2.05) is 23.6 Å².